The van der Waals surface area contributed by atoms with E-state index in [4.69, 9.17) is 0 Å². The minimum absolute atomic E-state index is 0.933. The van der Waals surface area contributed by atoms with Gasteiger partial charge in [0.05, 0.1) is 5.69 Å². The molecule has 1 aromatic rings. The van der Waals surface area contributed by atoms with Crippen molar-refractivity contribution in [2.45, 2.75) is 13.3 Å². The summed E-state index contributed by atoms with van der Waals surface area (Å²) in [6, 6.07) is 8.23. The molecule has 0 N–H and O–H groups in total. The molecular formula is C13H16N2. The van der Waals surface area contributed by atoms with Gasteiger partial charge in [-0.1, -0.05) is 11.6 Å². The van der Waals surface area contributed by atoms with Gasteiger partial charge in [-0.25, -0.2) is 0 Å². The first-order chi connectivity index (χ1) is 7.29. The summed E-state index contributed by atoms with van der Waals surface area (Å²) in [5, 5.41) is 0. The van der Waals surface area contributed by atoms with E-state index in [1.807, 2.05) is 12.1 Å². The lowest BCUT2D eigenvalue weighted by Crippen LogP contribution is -2.27. The molecule has 0 spiro atoms. The summed E-state index contributed by atoms with van der Waals surface area (Å²) in [5.41, 5.74) is 3.70. The number of nitrogens with zero attached hydrogens (tertiary/aromatic N) is 2. The van der Waals surface area contributed by atoms with Crippen LogP contribution >= 0.6 is 0 Å². The second kappa shape index (κ2) is 4.30. The summed E-state index contributed by atoms with van der Waals surface area (Å²) in [6.45, 7) is 7.84. The average molecular weight is 200 g/mol. The van der Waals surface area contributed by atoms with Gasteiger partial charge in [0.25, 0.3) is 0 Å². The van der Waals surface area contributed by atoms with E-state index in [-0.39, 0.29) is 0 Å². The second-order valence-electron chi connectivity index (χ2n) is 3.92. The van der Waals surface area contributed by atoms with Gasteiger partial charge in [-0.05, 0) is 44.3 Å². The van der Waals surface area contributed by atoms with Crippen LogP contribution in [-0.4, -0.2) is 19.8 Å². The maximum absolute atomic E-state index is 3.89. The Morgan fingerprint density at radius 2 is 2.00 bits per heavy atom. The van der Waals surface area contributed by atoms with Crippen molar-refractivity contribution in [3.05, 3.63) is 35.9 Å². The molecule has 0 fully saturated rings. The Kier molecular flexibility index (Phi) is 2.86. The highest BCUT2D eigenvalue weighted by Crippen LogP contribution is 2.22. The van der Waals surface area contributed by atoms with E-state index in [1.54, 1.807) is 0 Å². The molecule has 0 radical (unpaired) electrons. The predicted octanol–water partition coefficient (Wildman–Crippen LogP) is 3.18. The Hall–Kier alpha value is -1.57. The smallest absolute Gasteiger partial charge is 0.0623 e. The molecule has 1 aromatic carbocycles. The highest BCUT2D eigenvalue weighted by atomic mass is 15.1. The van der Waals surface area contributed by atoms with Crippen molar-refractivity contribution >= 4 is 18.1 Å². The van der Waals surface area contributed by atoms with Gasteiger partial charge in [0, 0.05) is 18.8 Å². The number of hydrogen-bond acceptors (Lipinski definition) is 2. The molecule has 0 atom stereocenters. The summed E-state index contributed by atoms with van der Waals surface area (Å²) < 4.78 is 0. The molecule has 2 rings (SSSR count). The molecule has 0 bridgehead atoms. The standard InChI is InChI=1S/C13H16N2/c1-11-7-9-15(10-8-11)13-5-3-12(14-2)4-6-13/h3-7H,2,8-10H2,1H3. The molecule has 0 aromatic heterocycles. The molecular weight excluding hydrogens is 184 g/mol. The monoisotopic (exact) mass is 200 g/mol. The van der Waals surface area contributed by atoms with Crippen molar-refractivity contribution in [2.24, 2.45) is 4.99 Å². The Bertz CT molecular complexity index is 376. The molecule has 1 heterocycles. The van der Waals surface area contributed by atoms with Gasteiger partial charge in [0.2, 0.25) is 0 Å². The van der Waals surface area contributed by atoms with Crippen molar-refractivity contribution in [3.63, 3.8) is 0 Å². The normalized spacial score (nSPS) is 16.1. The van der Waals surface area contributed by atoms with Gasteiger partial charge in [-0.2, -0.15) is 0 Å². The Morgan fingerprint density at radius 1 is 1.27 bits per heavy atom. The fraction of sp³-hybridized carbons (Fsp3) is 0.308. The van der Waals surface area contributed by atoms with Crippen molar-refractivity contribution in [1.29, 1.82) is 0 Å². The lowest BCUT2D eigenvalue weighted by Gasteiger charge is -2.27. The summed E-state index contributed by atoms with van der Waals surface area (Å²) >= 11 is 0. The topological polar surface area (TPSA) is 15.6 Å². The van der Waals surface area contributed by atoms with Gasteiger partial charge in [0.1, 0.15) is 0 Å². The van der Waals surface area contributed by atoms with E-state index in [0.717, 1.165) is 18.8 Å². The number of anilines is 1. The number of hydrogen-bond donors (Lipinski definition) is 0. The van der Waals surface area contributed by atoms with Crippen LogP contribution in [0.2, 0.25) is 0 Å². The van der Waals surface area contributed by atoms with Gasteiger partial charge >= 0.3 is 0 Å². The maximum atomic E-state index is 3.89. The van der Waals surface area contributed by atoms with Crippen LogP contribution in [0.25, 0.3) is 0 Å². The van der Waals surface area contributed by atoms with E-state index in [2.05, 4.69) is 41.7 Å². The third-order valence-electron chi connectivity index (χ3n) is 2.83. The molecule has 0 aliphatic carbocycles. The number of rotatable bonds is 2. The lowest BCUT2D eigenvalue weighted by atomic mass is 10.1. The van der Waals surface area contributed by atoms with E-state index < -0.39 is 0 Å². The van der Waals surface area contributed by atoms with Gasteiger partial charge in [-0.3, -0.25) is 4.99 Å². The van der Waals surface area contributed by atoms with Crippen molar-refractivity contribution in [1.82, 2.24) is 0 Å². The third kappa shape index (κ3) is 2.27. The molecule has 15 heavy (non-hydrogen) atoms. The van der Waals surface area contributed by atoms with Gasteiger partial charge < -0.3 is 4.90 Å². The molecule has 78 valence electrons. The van der Waals surface area contributed by atoms with E-state index in [0.29, 0.717) is 0 Å². The first-order valence-corrected chi connectivity index (χ1v) is 5.27. The first-order valence-electron chi connectivity index (χ1n) is 5.27. The Morgan fingerprint density at radius 3 is 2.53 bits per heavy atom. The summed E-state index contributed by atoms with van der Waals surface area (Å²) in [4.78, 5) is 6.26. The van der Waals surface area contributed by atoms with Crippen LogP contribution in [0.1, 0.15) is 13.3 Å². The average Bonchev–Trinajstić information content (AvgIpc) is 2.30. The van der Waals surface area contributed by atoms with Crippen molar-refractivity contribution < 1.29 is 0 Å². The quantitative estimate of drug-likeness (QED) is 0.529. The molecule has 2 heteroatoms. The molecule has 2 nitrogen and oxygen atoms in total. The molecule has 1 aliphatic rings. The molecule has 1 aliphatic heterocycles. The largest absolute Gasteiger partial charge is 0.367 e. The molecule has 0 saturated heterocycles. The zero-order valence-electron chi connectivity index (χ0n) is 9.11. The van der Waals surface area contributed by atoms with Gasteiger partial charge in [-0.15, -0.1) is 0 Å². The lowest BCUT2D eigenvalue weighted by molar-refractivity contribution is 0.788. The Labute approximate surface area is 90.9 Å². The second-order valence-corrected chi connectivity index (χ2v) is 3.92. The van der Waals surface area contributed by atoms with Gasteiger partial charge in [0.15, 0.2) is 0 Å². The van der Waals surface area contributed by atoms with Crippen LogP contribution < -0.4 is 4.90 Å². The summed E-state index contributed by atoms with van der Waals surface area (Å²) in [7, 11) is 0. The van der Waals surface area contributed by atoms with Crippen LogP contribution in [0, 0.1) is 0 Å². The zero-order valence-corrected chi connectivity index (χ0v) is 9.11. The summed E-state index contributed by atoms with van der Waals surface area (Å²) in [6.07, 6.45) is 3.46. The number of benzene rings is 1. The van der Waals surface area contributed by atoms with E-state index in [1.165, 1.54) is 17.7 Å². The van der Waals surface area contributed by atoms with Crippen LogP contribution in [0.15, 0.2) is 40.9 Å². The number of aliphatic imine (C=N–C) groups is 1. The highest BCUT2D eigenvalue weighted by Gasteiger charge is 2.09. The van der Waals surface area contributed by atoms with E-state index in [9.17, 15) is 0 Å². The highest BCUT2D eigenvalue weighted by molar-refractivity contribution is 5.55. The SMILES string of the molecule is C=Nc1ccc(N2CC=C(C)CC2)cc1. The minimum atomic E-state index is 0.933. The molecule has 0 amide bonds. The van der Waals surface area contributed by atoms with Crippen LogP contribution in [0.3, 0.4) is 0 Å². The summed E-state index contributed by atoms with van der Waals surface area (Å²) in [5.74, 6) is 0. The van der Waals surface area contributed by atoms with Crippen LogP contribution in [-0.2, 0) is 0 Å². The predicted molar refractivity (Wildman–Crippen MR) is 66.2 cm³/mol. The molecule has 0 saturated carbocycles. The minimum Gasteiger partial charge on any atom is -0.367 e. The third-order valence-corrected chi connectivity index (χ3v) is 2.83. The fourth-order valence-corrected chi connectivity index (χ4v) is 1.77. The van der Waals surface area contributed by atoms with Crippen molar-refractivity contribution in [2.75, 3.05) is 18.0 Å². The first kappa shape index (κ1) is 9.97. The Balaban J connectivity index is 2.13. The van der Waals surface area contributed by atoms with E-state index >= 15 is 0 Å². The molecule has 0 unspecified atom stereocenters. The van der Waals surface area contributed by atoms with Crippen LogP contribution in [0.5, 0.6) is 0 Å². The fourth-order valence-electron chi connectivity index (χ4n) is 1.77. The zero-order chi connectivity index (χ0) is 10.7. The van der Waals surface area contributed by atoms with Crippen LogP contribution in [0.4, 0.5) is 11.4 Å². The van der Waals surface area contributed by atoms with Crippen molar-refractivity contribution in [3.8, 4) is 0 Å². The maximum Gasteiger partial charge on any atom is 0.0623 e.